The van der Waals surface area contributed by atoms with Crippen LogP contribution in [-0.4, -0.2) is 12.9 Å². The first-order valence-electron chi connectivity index (χ1n) is 6.07. The number of nitrogens with two attached hydrogens (primary N) is 1. The van der Waals surface area contributed by atoms with Crippen molar-refractivity contribution in [3.8, 4) is 5.75 Å². The van der Waals surface area contributed by atoms with Crippen LogP contribution in [0, 0.1) is 11.6 Å². The number of methoxy groups -OCH3 is 1. The van der Waals surface area contributed by atoms with Crippen molar-refractivity contribution in [2.45, 2.75) is 10.9 Å². The molecule has 0 saturated heterocycles. The molecule has 2 nitrogen and oxygen atoms in total. The summed E-state index contributed by atoms with van der Waals surface area (Å²) in [6, 6.07) is 11.0. The Morgan fingerprint density at radius 1 is 1.15 bits per heavy atom. The van der Waals surface area contributed by atoms with Gasteiger partial charge in [0.05, 0.1) is 7.11 Å². The average molecular weight is 295 g/mol. The van der Waals surface area contributed by atoms with Gasteiger partial charge in [-0.05, 0) is 35.9 Å². The van der Waals surface area contributed by atoms with E-state index in [-0.39, 0.29) is 6.04 Å². The molecular formula is C15H15F2NOS. The monoisotopic (exact) mass is 295 g/mol. The van der Waals surface area contributed by atoms with E-state index in [0.29, 0.717) is 11.3 Å². The van der Waals surface area contributed by atoms with E-state index < -0.39 is 11.6 Å². The first-order chi connectivity index (χ1) is 9.60. The molecule has 0 aliphatic heterocycles. The van der Waals surface area contributed by atoms with Gasteiger partial charge < -0.3 is 10.5 Å². The van der Waals surface area contributed by atoms with Gasteiger partial charge in [0.15, 0.2) is 11.6 Å². The molecule has 1 atom stereocenters. The Kier molecular flexibility index (Phi) is 4.98. The Balaban J connectivity index is 2.00. The molecule has 0 fully saturated rings. The van der Waals surface area contributed by atoms with Gasteiger partial charge >= 0.3 is 0 Å². The van der Waals surface area contributed by atoms with Crippen LogP contribution in [0.1, 0.15) is 11.6 Å². The van der Waals surface area contributed by atoms with Crippen LogP contribution in [0.5, 0.6) is 5.75 Å². The maximum absolute atomic E-state index is 13.1. The minimum absolute atomic E-state index is 0.360. The van der Waals surface area contributed by atoms with E-state index in [9.17, 15) is 8.78 Å². The predicted molar refractivity (Wildman–Crippen MR) is 77.0 cm³/mol. The van der Waals surface area contributed by atoms with Gasteiger partial charge in [0.25, 0.3) is 0 Å². The molecule has 0 saturated carbocycles. The average Bonchev–Trinajstić information content (AvgIpc) is 2.47. The van der Waals surface area contributed by atoms with Crippen LogP contribution in [0.25, 0.3) is 0 Å². The summed E-state index contributed by atoms with van der Waals surface area (Å²) in [5.74, 6) is -0.389. The van der Waals surface area contributed by atoms with Crippen LogP contribution in [0.15, 0.2) is 47.4 Å². The Morgan fingerprint density at radius 2 is 1.95 bits per heavy atom. The van der Waals surface area contributed by atoms with Gasteiger partial charge in [-0.1, -0.05) is 12.1 Å². The normalized spacial score (nSPS) is 12.2. The summed E-state index contributed by atoms with van der Waals surface area (Å²) in [6.45, 7) is 0. The van der Waals surface area contributed by atoms with Gasteiger partial charge in [0.1, 0.15) is 5.75 Å². The third-order valence-electron chi connectivity index (χ3n) is 2.84. The molecule has 2 rings (SSSR count). The topological polar surface area (TPSA) is 35.2 Å². The van der Waals surface area contributed by atoms with Gasteiger partial charge in [-0.3, -0.25) is 0 Å². The summed E-state index contributed by atoms with van der Waals surface area (Å²) in [6.07, 6.45) is 0. The van der Waals surface area contributed by atoms with Crippen LogP contribution in [0.2, 0.25) is 0 Å². The van der Waals surface area contributed by atoms with E-state index in [1.165, 1.54) is 6.07 Å². The maximum Gasteiger partial charge on any atom is 0.159 e. The van der Waals surface area contributed by atoms with Gasteiger partial charge in [0, 0.05) is 16.7 Å². The summed E-state index contributed by atoms with van der Waals surface area (Å²) in [5, 5.41) is 0. The van der Waals surface area contributed by atoms with Crippen molar-refractivity contribution in [3.63, 3.8) is 0 Å². The summed E-state index contributed by atoms with van der Waals surface area (Å²) in [4.78, 5) is 1.02. The zero-order valence-electron chi connectivity index (χ0n) is 11.0. The second kappa shape index (κ2) is 6.72. The third-order valence-corrected chi connectivity index (χ3v) is 3.96. The van der Waals surface area contributed by atoms with Crippen LogP contribution in [-0.2, 0) is 0 Å². The molecule has 20 heavy (non-hydrogen) atoms. The largest absolute Gasteiger partial charge is 0.497 e. The Hall–Kier alpha value is -1.59. The van der Waals surface area contributed by atoms with Crippen LogP contribution >= 0.6 is 11.8 Å². The molecule has 0 aliphatic carbocycles. The lowest BCUT2D eigenvalue weighted by Crippen LogP contribution is -2.13. The Labute approximate surface area is 120 Å². The number of halogens is 2. The van der Waals surface area contributed by atoms with E-state index in [0.717, 1.165) is 22.8 Å². The molecule has 0 amide bonds. The number of hydrogen-bond donors (Lipinski definition) is 1. The van der Waals surface area contributed by atoms with Crippen molar-refractivity contribution in [3.05, 3.63) is 59.7 Å². The lowest BCUT2D eigenvalue weighted by atomic mass is 10.1. The summed E-state index contributed by atoms with van der Waals surface area (Å²) in [7, 11) is 1.61. The molecule has 2 aromatic rings. The van der Waals surface area contributed by atoms with Gasteiger partial charge in [-0.25, -0.2) is 8.78 Å². The molecule has 0 aromatic heterocycles. The minimum Gasteiger partial charge on any atom is -0.497 e. The molecule has 0 aliphatic rings. The van der Waals surface area contributed by atoms with E-state index in [1.807, 2.05) is 24.3 Å². The van der Waals surface area contributed by atoms with Gasteiger partial charge in [0.2, 0.25) is 0 Å². The van der Waals surface area contributed by atoms with Crippen molar-refractivity contribution in [2.24, 2.45) is 5.73 Å². The molecule has 2 N–H and O–H groups in total. The highest BCUT2D eigenvalue weighted by molar-refractivity contribution is 7.99. The minimum atomic E-state index is -0.871. The van der Waals surface area contributed by atoms with Crippen LogP contribution in [0.4, 0.5) is 8.78 Å². The van der Waals surface area contributed by atoms with E-state index in [4.69, 9.17) is 10.5 Å². The second-order valence-electron chi connectivity index (χ2n) is 4.27. The van der Waals surface area contributed by atoms with Crippen molar-refractivity contribution >= 4 is 11.8 Å². The summed E-state index contributed by atoms with van der Waals surface area (Å²) >= 11 is 1.54. The van der Waals surface area contributed by atoms with Crippen molar-refractivity contribution in [2.75, 3.05) is 12.9 Å². The molecule has 5 heteroatoms. The molecule has 2 aromatic carbocycles. The molecule has 0 radical (unpaired) electrons. The SMILES string of the molecule is COc1cccc(SCC(N)c2ccc(F)c(F)c2)c1. The smallest absolute Gasteiger partial charge is 0.159 e. The fourth-order valence-corrected chi connectivity index (χ4v) is 2.65. The first kappa shape index (κ1) is 14.8. The third kappa shape index (κ3) is 3.71. The molecule has 0 spiro atoms. The number of thioether (sulfide) groups is 1. The molecule has 106 valence electrons. The number of hydrogen-bond acceptors (Lipinski definition) is 3. The standard InChI is InChI=1S/C15H15F2NOS/c1-19-11-3-2-4-12(8-11)20-9-15(18)10-5-6-13(16)14(17)7-10/h2-8,15H,9,18H2,1H3. The highest BCUT2D eigenvalue weighted by atomic mass is 32.2. The summed E-state index contributed by atoms with van der Waals surface area (Å²) < 4.78 is 31.1. The zero-order chi connectivity index (χ0) is 14.5. The Morgan fingerprint density at radius 3 is 2.65 bits per heavy atom. The number of benzene rings is 2. The predicted octanol–water partition coefficient (Wildman–Crippen LogP) is 3.77. The van der Waals surface area contributed by atoms with E-state index in [1.54, 1.807) is 18.9 Å². The van der Waals surface area contributed by atoms with Crippen molar-refractivity contribution in [1.29, 1.82) is 0 Å². The lowest BCUT2D eigenvalue weighted by Gasteiger charge is -2.12. The molecular weight excluding hydrogens is 280 g/mol. The number of rotatable bonds is 5. The molecule has 1 unspecified atom stereocenters. The lowest BCUT2D eigenvalue weighted by molar-refractivity contribution is 0.413. The first-order valence-corrected chi connectivity index (χ1v) is 7.06. The molecule has 0 heterocycles. The highest BCUT2D eigenvalue weighted by Crippen LogP contribution is 2.26. The van der Waals surface area contributed by atoms with E-state index >= 15 is 0 Å². The fourth-order valence-electron chi connectivity index (χ4n) is 1.72. The fraction of sp³-hybridized carbons (Fsp3) is 0.200. The van der Waals surface area contributed by atoms with Gasteiger partial charge in [-0.15, -0.1) is 11.8 Å². The summed E-state index contributed by atoms with van der Waals surface area (Å²) in [5.41, 5.74) is 6.57. The maximum atomic E-state index is 13.1. The highest BCUT2D eigenvalue weighted by Gasteiger charge is 2.10. The van der Waals surface area contributed by atoms with Crippen molar-refractivity contribution < 1.29 is 13.5 Å². The van der Waals surface area contributed by atoms with E-state index in [2.05, 4.69) is 0 Å². The van der Waals surface area contributed by atoms with Crippen LogP contribution < -0.4 is 10.5 Å². The zero-order valence-corrected chi connectivity index (χ0v) is 11.8. The van der Waals surface area contributed by atoms with Gasteiger partial charge in [-0.2, -0.15) is 0 Å². The second-order valence-corrected chi connectivity index (χ2v) is 5.36. The number of ether oxygens (including phenoxy) is 1. The van der Waals surface area contributed by atoms with Crippen LogP contribution in [0.3, 0.4) is 0 Å². The quantitative estimate of drug-likeness (QED) is 0.853. The van der Waals surface area contributed by atoms with Crippen molar-refractivity contribution in [1.82, 2.24) is 0 Å². The molecule has 0 bridgehead atoms. The Bertz CT molecular complexity index is 592.